The van der Waals surface area contributed by atoms with E-state index in [4.69, 9.17) is 0 Å². The molecule has 0 saturated heterocycles. The van der Waals surface area contributed by atoms with Gasteiger partial charge >= 0.3 is 0 Å². The van der Waals surface area contributed by atoms with Crippen LogP contribution in [0.4, 0.5) is 0 Å². The highest BCUT2D eigenvalue weighted by Gasteiger charge is 2.39. The normalized spacial score (nSPS) is 29.8. The Kier molecular flexibility index (Phi) is 4.38. The third kappa shape index (κ3) is 2.77. The van der Waals surface area contributed by atoms with Crippen LogP contribution in [0.1, 0.15) is 59.8 Å². The SMILES string of the molecule is CCN(CC)C1(C#N)CCCC(C)(C)CC1. The molecule has 0 aromatic carbocycles. The monoisotopic (exact) mass is 222 g/mol. The minimum Gasteiger partial charge on any atom is -0.286 e. The molecule has 2 nitrogen and oxygen atoms in total. The lowest BCUT2D eigenvalue weighted by Gasteiger charge is -2.37. The fourth-order valence-electron chi connectivity index (χ4n) is 2.98. The Balaban J connectivity index is 2.85. The summed E-state index contributed by atoms with van der Waals surface area (Å²) in [5.74, 6) is 0. The molecule has 0 aromatic heterocycles. The zero-order chi connectivity index (χ0) is 12.2. The Labute approximate surface area is 101 Å². The maximum atomic E-state index is 9.58. The van der Waals surface area contributed by atoms with E-state index < -0.39 is 0 Å². The van der Waals surface area contributed by atoms with Crippen LogP contribution in [0.3, 0.4) is 0 Å². The Morgan fingerprint density at radius 1 is 1.06 bits per heavy atom. The Morgan fingerprint density at radius 2 is 1.69 bits per heavy atom. The van der Waals surface area contributed by atoms with E-state index in [-0.39, 0.29) is 5.54 Å². The second kappa shape index (κ2) is 5.19. The standard InChI is InChI=1S/C14H26N2/c1-5-16(6-2)14(12-15)9-7-8-13(3,4)10-11-14/h5-11H2,1-4H3. The summed E-state index contributed by atoms with van der Waals surface area (Å²) in [5.41, 5.74) is 0.239. The van der Waals surface area contributed by atoms with E-state index in [1.807, 2.05) is 0 Å². The highest BCUT2D eigenvalue weighted by molar-refractivity contribution is 5.09. The molecule has 92 valence electrons. The molecule has 0 radical (unpaired) electrons. The van der Waals surface area contributed by atoms with Crippen LogP contribution >= 0.6 is 0 Å². The Hall–Kier alpha value is -0.550. The maximum Gasteiger partial charge on any atom is 0.109 e. The molecule has 1 unspecified atom stereocenters. The van der Waals surface area contributed by atoms with Gasteiger partial charge in [0.25, 0.3) is 0 Å². The molecule has 1 rings (SSSR count). The number of rotatable bonds is 3. The first kappa shape index (κ1) is 13.5. The highest BCUT2D eigenvalue weighted by Crippen LogP contribution is 2.40. The topological polar surface area (TPSA) is 27.0 Å². The van der Waals surface area contributed by atoms with E-state index in [0.717, 1.165) is 25.9 Å². The number of hydrogen-bond acceptors (Lipinski definition) is 2. The Morgan fingerprint density at radius 3 is 2.19 bits per heavy atom. The van der Waals surface area contributed by atoms with Gasteiger partial charge in [-0.25, -0.2) is 0 Å². The largest absolute Gasteiger partial charge is 0.286 e. The van der Waals surface area contributed by atoms with E-state index in [9.17, 15) is 5.26 Å². The summed E-state index contributed by atoms with van der Waals surface area (Å²) in [6.07, 6.45) is 5.72. The summed E-state index contributed by atoms with van der Waals surface area (Å²) in [4.78, 5) is 2.36. The van der Waals surface area contributed by atoms with Crippen LogP contribution in [-0.4, -0.2) is 23.5 Å². The van der Waals surface area contributed by atoms with E-state index >= 15 is 0 Å². The highest BCUT2D eigenvalue weighted by atomic mass is 15.2. The Bertz CT molecular complexity index is 260. The fraction of sp³-hybridized carbons (Fsp3) is 0.929. The van der Waals surface area contributed by atoms with E-state index in [2.05, 4.69) is 38.7 Å². The third-order valence-electron chi connectivity index (χ3n) is 4.24. The molecule has 0 N–H and O–H groups in total. The van der Waals surface area contributed by atoms with Crippen LogP contribution in [-0.2, 0) is 0 Å². The van der Waals surface area contributed by atoms with Crippen molar-refractivity contribution in [3.05, 3.63) is 0 Å². The molecule has 1 fully saturated rings. The average molecular weight is 222 g/mol. The maximum absolute atomic E-state index is 9.58. The van der Waals surface area contributed by atoms with Crippen LogP contribution in [0.5, 0.6) is 0 Å². The molecule has 1 atom stereocenters. The second-order valence-corrected chi connectivity index (χ2v) is 5.83. The van der Waals surface area contributed by atoms with Gasteiger partial charge in [0.1, 0.15) is 5.54 Å². The number of hydrogen-bond donors (Lipinski definition) is 0. The molecule has 0 aliphatic heterocycles. The van der Waals surface area contributed by atoms with Crippen molar-refractivity contribution in [2.24, 2.45) is 5.41 Å². The summed E-state index contributed by atoms with van der Waals surface area (Å²) in [7, 11) is 0. The minimum absolute atomic E-state index is 0.183. The zero-order valence-corrected chi connectivity index (χ0v) is 11.3. The quantitative estimate of drug-likeness (QED) is 0.682. The van der Waals surface area contributed by atoms with Gasteiger partial charge in [-0.2, -0.15) is 5.26 Å². The lowest BCUT2D eigenvalue weighted by atomic mass is 9.83. The summed E-state index contributed by atoms with van der Waals surface area (Å²) in [5, 5.41) is 9.58. The van der Waals surface area contributed by atoms with Gasteiger partial charge in [-0.3, -0.25) is 4.90 Å². The van der Waals surface area contributed by atoms with Crippen LogP contribution in [0.2, 0.25) is 0 Å². The minimum atomic E-state index is -0.183. The van der Waals surface area contributed by atoms with Gasteiger partial charge in [0.05, 0.1) is 6.07 Å². The molecule has 0 aromatic rings. The van der Waals surface area contributed by atoms with Crippen molar-refractivity contribution >= 4 is 0 Å². The predicted octanol–water partition coefficient (Wildman–Crippen LogP) is 3.58. The summed E-state index contributed by atoms with van der Waals surface area (Å²) in [6.45, 7) is 11.0. The van der Waals surface area contributed by atoms with Crippen molar-refractivity contribution in [2.75, 3.05) is 13.1 Å². The van der Waals surface area contributed by atoms with Crippen molar-refractivity contribution in [1.82, 2.24) is 4.90 Å². The van der Waals surface area contributed by atoms with Crippen molar-refractivity contribution in [3.8, 4) is 6.07 Å². The van der Waals surface area contributed by atoms with E-state index in [1.54, 1.807) is 0 Å². The van der Waals surface area contributed by atoms with Crippen molar-refractivity contribution in [2.45, 2.75) is 65.3 Å². The first-order chi connectivity index (χ1) is 7.49. The van der Waals surface area contributed by atoms with E-state index in [1.165, 1.54) is 19.3 Å². The zero-order valence-electron chi connectivity index (χ0n) is 11.3. The van der Waals surface area contributed by atoms with Gasteiger partial charge < -0.3 is 0 Å². The molecule has 1 aliphatic rings. The van der Waals surface area contributed by atoms with Gasteiger partial charge in [0, 0.05) is 0 Å². The van der Waals surface area contributed by atoms with Gasteiger partial charge in [-0.15, -0.1) is 0 Å². The second-order valence-electron chi connectivity index (χ2n) is 5.83. The van der Waals surface area contributed by atoms with Crippen molar-refractivity contribution < 1.29 is 0 Å². The van der Waals surface area contributed by atoms with Crippen molar-refractivity contribution in [1.29, 1.82) is 5.26 Å². The molecular formula is C14H26N2. The molecule has 0 amide bonds. The molecule has 0 spiro atoms. The van der Waals surface area contributed by atoms with Crippen molar-refractivity contribution in [3.63, 3.8) is 0 Å². The van der Waals surface area contributed by atoms with Gasteiger partial charge in [-0.05, 0) is 44.2 Å². The summed E-state index contributed by atoms with van der Waals surface area (Å²) < 4.78 is 0. The smallest absolute Gasteiger partial charge is 0.109 e. The summed E-state index contributed by atoms with van der Waals surface area (Å²) in [6, 6.07) is 2.62. The fourth-order valence-corrected chi connectivity index (χ4v) is 2.98. The number of nitrogens with zero attached hydrogens (tertiary/aromatic N) is 2. The average Bonchev–Trinajstić information content (AvgIpc) is 2.40. The molecule has 0 bridgehead atoms. The van der Waals surface area contributed by atoms with Crippen LogP contribution in [0.15, 0.2) is 0 Å². The first-order valence-electron chi connectivity index (χ1n) is 6.66. The van der Waals surface area contributed by atoms with Gasteiger partial charge in [0.15, 0.2) is 0 Å². The molecular weight excluding hydrogens is 196 g/mol. The molecule has 1 saturated carbocycles. The molecule has 1 aliphatic carbocycles. The van der Waals surface area contributed by atoms with Crippen LogP contribution in [0.25, 0.3) is 0 Å². The number of nitriles is 1. The lowest BCUT2D eigenvalue weighted by molar-refractivity contribution is 0.130. The molecule has 0 heterocycles. The predicted molar refractivity (Wildman–Crippen MR) is 68.1 cm³/mol. The van der Waals surface area contributed by atoms with Gasteiger partial charge in [-0.1, -0.05) is 34.1 Å². The summed E-state index contributed by atoms with van der Waals surface area (Å²) >= 11 is 0. The molecule has 2 heteroatoms. The van der Waals surface area contributed by atoms with Crippen LogP contribution < -0.4 is 0 Å². The first-order valence-corrected chi connectivity index (χ1v) is 6.66. The lowest BCUT2D eigenvalue weighted by Crippen LogP contribution is -2.47. The van der Waals surface area contributed by atoms with E-state index in [0.29, 0.717) is 5.41 Å². The third-order valence-corrected chi connectivity index (χ3v) is 4.24. The van der Waals surface area contributed by atoms with Gasteiger partial charge in [0.2, 0.25) is 0 Å². The van der Waals surface area contributed by atoms with Crippen LogP contribution in [0, 0.1) is 16.7 Å². The molecule has 16 heavy (non-hydrogen) atoms.